The topological polar surface area (TPSA) is 79.1 Å². The minimum Gasteiger partial charge on any atom is -0.476 e. The number of aromatic nitrogens is 4. The number of fused-ring (bicyclic) bond motifs is 1. The average Bonchev–Trinajstić information content (AvgIpc) is 3.15. The lowest BCUT2D eigenvalue weighted by molar-refractivity contribution is -0.139. The smallest absolute Gasteiger partial charge is 0.316 e. The third-order valence-electron chi connectivity index (χ3n) is 4.50. The molecule has 2 heterocycles. The van der Waals surface area contributed by atoms with Crippen molar-refractivity contribution in [3.05, 3.63) is 36.7 Å². The number of esters is 1. The highest BCUT2D eigenvalue weighted by atomic mass is 32.2. The average molecular weight is 429 g/mol. The number of thioether (sulfide) groups is 1. The van der Waals surface area contributed by atoms with Gasteiger partial charge in [-0.05, 0) is 25.5 Å². The van der Waals surface area contributed by atoms with E-state index in [9.17, 15) is 4.79 Å². The quantitative estimate of drug-likeness (QED) is 0.177. The summed E-state index contributed by atoms with van der Waals surface area (Å²) < 4.78 is 12.9. The van der Waals surface area contributed by atoms with Gasteiger partial charge in [-0.2, -0.15) is 9.78 Å². The normalized spacial score (nSPS) is 11.0. The van der Waals surface area contributed by atoms with E-state index in [1.165, 1.54) is 37.4 Å². The summed E-state index contributed by atoms with van der Waals surface area (Å²) in [6.45, 7) is 4.96. The molecule has 7 nitrogen and oxygen atoms in total. The summed E-state index contributed by atoms with van der Waals surface area (Å²) in [4.78, 5) is 20.5. The first kappa shape index (κ1) is 22.1. The number of carbonyl (C=O) groups is 1. The fourth-order valence-corrected chi connectivity index (χ4v) is 3.77. The molecule has 3 rings (SSSR count). The van der Waals surface area contributed by atoms with Crippen LogP contribution in [0.4, 0.5) is 0 Å². The van der Waals surface area contributed by atoms with Crippen molar-refractivity contribution in [2.45, 2.75) is 51.0 Å². The van der Waals surface area contributed by atoms with Gasteiger partial charge in [-0.1, -0.05) is 62.6 Å². The Morgan fingerprint density at radius 2 is 1.83 bits per heavy atom. The number of rotatable bonds is 12. The highest BCUT2D eigenvalue weighted by molar-refractivity contribution is 8.00. The zero-order valence-corrected chi connectivity index (χ0v) is 18.4. The second kappa shape index (κ2) is 11.5. The third kappa shape index (κ3) is 5.72. The van der Waals surface area contributed by atoms with Crippen LogP contribution in [0, 0.1) is 0 Å². The molecule has 0 unspecified atom stereocenters. The van der Waals surface area contributed by atoms with Crippen molar-refractivity contribution < 1.29 is 14.3 Å². The van der Waals surface area contributed by atoms with E-state index in [0.717, 1.165) is 18.5 Å². The Bertz CT molecular complexity index is 946. The molecule has 0 saturated carbocycles. The second-order valence-corrected chi connectivity index (χ2v) is 7.75. The van der Waals surface area contributed by atoms with E-state index in [1.807, 2.05) is 30.3 Å². The first-order chi connectivity index (χ1) is 14.7. The largest absolute Gasteiger partial charge is 0.476 e. The fraction of sp³-hybridized carbons (Fsp3) is 0.455. The molecule has 0 atom stereocenters. The van der Waals surface area contributed by atoms with Gasteiger partial charge in [0.05, 0.1) is 24.7 Å². The van der Waals surface area contributed by atoms with Crippen LogP contribution in [0.5, 0.6) is 5.88 Å². The third-order valence-corrected chi connectivity index (χ3v) is 5.46. The number of benzene rings is 1. The molecule has 30 heavy (non-hydrogen) atoms. The molecule has 1 aromatic carbocycles. The van der Waals surface area contributed by atoms with Crippen molar-refractivity contribution in [2.24, 2.45) is 0 Å². The summed E-state index contributed by atoms with van der Waals surface area (Å²) in [7, 11) is 0. The van der Waals surface area contributed by atoms with E-state index in [1.54, 1.807) is 11.6 Å². The summed E-state index contributed by atoms with van der Waals surface area (Å²) in [5, 5.41) is 5.36. The lowest BCUT2D eigenvalue weighted by Crippen LogP contribution is -2.06. The Balaban J connectivity index is 1.86. The molecule has 0 radical (unpaired) electrons. The van der Waals surface area contributed by atoms with Gasteiger partial charge >= 0.3 is 5.97 Å². The van der Waals surface area contributed by atoms with Crippen molar-refractivity contribution in [2.75, 3.05) is 19.0 Å². The predicted octanol–water partition coefficient (Wildman–Crippen LogP) is 4.82. The van der Waals surface area contributed by atoms with Gasteiger partial charge in [-0.25, -0.2) is 9.97 Å². The van der Waals surface area contributed by atoms with Gasteiger partial charge in [0, 0.05) is 0 Å². The summed E-state index contributed by atoms with van der Waals surface area (Å²) in [5.41, 5.74) is 2.16. The van der Waals surface area contributed by atoms with Crippen LogP contribution < -0.4 is 4.74 Å². The molecule has 160 valence electrons. The summed E-state index contributed by atoms with van der Waals surface area (Å²) in [6, 6.07) is 9.82. The van der Waals surface area contributed by atoms with Crippen molar-refractivity contribution in [3.63, 3.8) is 0 Å². The number of unbranched alkanes of at least 4 members (excludes halogenated alkanes) is 4. The molecule has 0 N–H and O–H groups in total. The molecular weight excluding hydrogens is 400 g/mol. The molecule has 0 bridgehead atoms. The Labute approximate surface area is 181 Å². The summed E-state index contributed by atoms with van der Waals surface area (Å²) in [6.07, 6.45) is 7.29. The van der Waals surface area contributed by atoms with Gasteiger partial charge < -0.3 is 9.47 Å². The zero-order valence-electron chi connectivity index (χ0n) is 17.5. The van der Waals surface area contributed by atoms with E-state index in [4.69, 9.17) is 14.6 Å². The second-order valence-electron chi connectivity index (χ2n) is 6.78. The number of para-hydroxylation sites is 1. The van der Waals surface area contributed by atoms with Gasteiger partial charge in [0.25, 0.3) is 0 Å². The molecule has 8 heteroatoms. The van der Waals surface area contributed by atoms with Crippen LogP contribution in [0.25, 0.3) is 16.7 Å². The molecule has 0 amide bonds. The first-order valence-electron chi connectivity index (χ1n) is 10.4. The standard InChI is InChI=1S/C22H28N4O3S/c1-3-5-6-7-11-14-29-22-20-19(25-26(22)17-12-9-8-10-13-17)21(24-16-23-20)30-15-18(27)28-4-2/h8-10,12-13,16H,3-7,11,14-15H2,1-2H3. The van der Waals surface area contributed by atoms with Gasteiger partial charge in [0.1, 0.15) is 16.9 Å². The number of carbonyl (C=O) groups excluding carboxylic acids is 1. The van der Waals surface area contributed by atoms with Crippen LogP contribution in [-0.2, 0) is 9.53 Å². The number of ether oxygens (including phenoxy) is 2. The van der Waals surface area contributed by atoms with Crippen LogP contribution in [0.15, 0.2) is 41.7 Å². The van der Waals surface area contributed by atoms with Gasteiger partial charge in [0.2, 0.25) is 5.88 Å². The van der Waals surface area contributed by atoms with Crippen LogP contribution in [0.3, 0.4) is 0 Å². The summed E-state index contributed by atoms with van der Waals surface area (Å²) in [5.74, 6) is 0.499. The Morgan fingerprint density at radius 1 is 1.03 bits per heavy atom. The Hall–Kier alpha value is -2.61. The minimum absolute atomic E-state index is 0.172. The van der Waals surface area contributed by atoms with Crippen LogP contribution in [-0.4, -0.2) is 44.7 Å². The number of hydrogen-bond acceptors (Lipinski definition) is 7. The zero-order chi connectivity index (χ0) is 21.2. The van der Waals surface area contributed by atoms with Gasteiger partial charge in [-0.15, -0.1) is 0 Å². The predicted molar refractivity (Wildman–Crippen MR) is 118 cm³/mol. The monoisotopic (exact) mass is 428 g/mol. The highest BCUT2D eigenvalue weighted by Crippen LogP contribution is 2.32. The van der Waals surface area contributed by atoms with Crippen molar-refractivity contribution in [3.8, 4) is 11.6 Å². The maximum Gasteiger partial charge on any atom is 0.316 e. The Morgan fingerprint density at radius 3 is 2.60 bits per heavy atom. The molecule has 0 aliphatic carbocycles. The maximum atomic E-state index is 11.8. The van der Waals surface area contributed by atoms with E-state index in [-0.39, 0.29) is 11.7 Å². The van der Waals surface area contributed by atoms with Crippen molar-refractivity contribution >= 4 is 28.8 Å². The molecule has 0 spiro atoms. The van der Waals surface area contributed by atoms with E-state index >= 15 is 0 Å². The van der Waals surface area contributed by atoms with Crippen LogP contribution in [0.2, 0.25) is 0 Å². The number of hydrogen-bond donors (Lipinski definition) is 0. The van der Waals surface area contributed by atoms with Gasteiger partial charge in [-0.3, -0.25) is 4.79 Å². The van der Waals surface area contributed by atoms with Crippen LogP contribution in [0.1, 0.15) is 46.0 Å². The van der Waals surface area contributed by atoms with E-state index in [2.05, 4.69) is 16.9 Å². The van der Waals surface area contributed by atoms with Crippen molar-refractivity contribution in [1.29, 1.82) is 0 Å². The SMILES string of the molecule is CCCCCCCOc1c2ncnc(SCC(=O)OCC)c2nn1-c1ccccc1. The lowest BCUT2D eigenvalue weighted by Gasteiger charge is -2.09. The molecule has 3 aromatic rings. The highest BCUT2D eigenvalue weighted by Gasteiger charge is 2.20. The maximum absolute atomic E-state index is 11.8. The van der Waals surface area contributed by atoms with E-state index in [0.29, 0.717) is 35.2 Å². The molecule has 0 aliphatic rings. The van der Waals surface area contributed by atoms with E-state index < -0.39 is 0 Å². The fourth-order valence-electron chi connectivity index (χ4n) is 3.04. The van der Waals surface area contributed by atoms with Crippen LogP contribution >= 0.6 is 11.8 Å². The first-order valence-corrected chi connectivity index (χ1v) is 11.4. The minimum atomic E-state index is -0.277. The van der Waals surface area contributed by atoms with Crippen molar-refractivity contribution in [1.82, 2.24) is 19.7 Å². The van der Waals surface area contributed by atoms with Gasteiger partial charge in [0.15, 0.2) is 5.52 Å². The molecule has 0 aliphatic heterocycles. The lowest BCUT2D eigenvalue weighted by atomic mass is 10.2. The molecule has 2 aromatic heterocycles. The summed E-state index contributed by atoms with van der Waals surface area (Å²) >= 11 is 1.30. The number of nitrogens with zero attached hydrogens (tertiary/aromatic N) is 4. The molecule has 0 fully saturated rings. The molecular formula is C22H28N4O3S. The Kier molecular flexibility index (Phi) is 8.50. The molecule has 0 saturated heterocycles.